The van der Waals surface area contributed by atoms with Gasteiger partial charge in [-0.15, -0.1) is 0 Å². The maximum Gasteiger partial charge on any atom is 0.0618 e. The van der Waals surface area contributed by atoms with Crippen LogP contribution in [0.25, 0.3) is 88.3 Å². The third-order valence-corrected chi connectivity index (χ3v) is 12.3. The van der Waals surface area contributed by atoms with Crippen molar-refractivity contribution in [2.75, 3.05) is 4.90 Å². The Morgan fingerprint density at radius 2 is 0.619 bits per heavy atom. The summed E-state index contributed by atoms with van der Waals surface area (Å²) < 4.78 is 0. The first-order valence-corrected chi connectivity index (χ1v) is 21.7. The van der Waals surface area contributed by atoms with Crippen molar-refractivity contribution in [3.63, 3.8) is 0 Å². The van der Waals surface area contributed by atoms with Crippen molar-refractivity contribution in [3.8, 4) is 66.8 Å². The highest BCUT2D eigenvalue weighted by atomic mass is 15.1. The van der Waals surface area contributed by atoms with Gasteiger partial charge in [0, 0.05) is 22.2 Å². The second-order valence-corrected chi connectivity index (χ2v) is 16.0. The first-order chi connectivity index (χ1) is 31.3. The van der Waals surface area contributed by atoms with Gasteiger partial charge in [0.2, 0.25) is 0 Å². The number of nitrogens with zero attached hydrogens (tertiary/aromatic N) is 1. The molecule has 0 aliphatic heterocycles. The smallest absolute Gasteiger partial charge is 0.0618 e. The topological polar surface area (TPSA) is 3.24 Å². The molecule has 0 aliphatic rings. The van der Waals surface area contributed by atoms with Gasteiger partial charge in [-0.3, -0.25) is 0 Å². The van der Waals surface area contributed by atoms with Crippen LogP contribution in [-0.4, -0.2) is 0 Å². The molecular weight excluding hydrogens is 759 g/mol. The predicted molar refractivity (Wildman–Crippen MR) is 269 cm³/mol. The zero-order chi connectivity index (χ0) is 42.0. The molecule has 0 fully saturated rings. The Labute approximate surface area is 369 Å². The summed E-state index contributed by atoms with van der Waals surface area (Å²) in [6.45, 7) is 0. The molecule has 0 aliphatic carbocycles. The molecule has 63 heavy (non-hydrogen) atoms. The van der Waals surface area contributed by atoms with E-state index in [0.717, 1.165) is 39.3 Å². The molecule has 11 aromatic rings. The fourth-order valence-corrected chi connectivity index (χ4v) is 9.49. The van der Waals surface area contributed by atoms with Gasteiger partial charge in [0.25, 0.3) is 0 Å². The van der Waals surface area contributed by atoms with E-state index in [-0.39, 0.29) is 0 Å². The van der Waals surface area contributed by atoms with Crippen LogP contribution >= 0.6 is 0 Å². The lowest BCUT2D eigenvalue weighted by molar-refractivity contribution is 1.30. The minimum absolute atomic E-state index is 1.07. The zero-order valence-electron chi connectivity index (χ0n) is 34.8. The molecule has 11 aromatic carbocycles. The van der Waals surface area contributed by atoms with Crippen LogP contribution in [0, 0.1) is 0 Å². The van der Waals surface area contributed by atoms with Crippen LogP contribution in [0.5, 0.6) is 0 Å². The molecule has 0 N–H and O–H groups in total. The van der Waals surface area contributed by atoms with E-state index in [9.17, 15) is 0 Å². The molecule has 11 rings (SSSR count). The van der Waals surface area contributed by atoms with Crippen LogP contribution in [0.15, 0.2) is 261 Å². The lowest BCUT2D eigenvalue weighted by Crippen LogP contribution is -2.14. The van der Waals surface area contributed by atoms with E-state index >= 15 is 0 Å². The van der Waals surface area contributed by atoms with Crippen LogP contribution in [0.2, 0.25) is 0 Å². The van der Waals surface area contributed by atoms with Crippen LogP contribution in [0.1, 0.15) is 0 Å². The minimum Gasteiger partial charge on any atom is -0.309 e. The van der Waals surface area contributed by atoms with Gasteiger partial charge in [-0.1, -0.05) is 243 Å². The summed E-state index contributed by atoms with van der Waals surface area (Å²) in [5, 5.41) is 4.81. The van der Waals surface area contributed by atoms with E-state index in [1.165, 1.54) is 66.1 Å². The largest absolute Gasteiger partial charge is 0.309 e. The van der Waals surface area contributed by atoms with Crippen molar-refractivity contribution in [2.24, 2.45) is 0 Å². The maximum absolute atomic E-state index is 2.55. The summed E-state index contributed by atoms with van der Waals surface area (Å²) >= 11 is 0. The number of benzene rings is 11. The van der Waals surface area contributed by atoms with Crippen LogP contribution < -0.4 is 4.90 Å². The SMILES string of the molecule is c1ccc(-c2ccc(N(c3c(-c4ccccc4)cccc3-c3ccccc3)c3cccc4c(-c5ccccc5)c(-c5ccccc5)c5ccccc5c34)cc2-c2ccccc2)cc1. The molecular formula is C62H43N. The van der Waals surface area contributed by atoms with Gasteiger partial charge in [0.05, 0.1) is 11.4 Å². The summed E-state index contributed by atoms with van der Waals surface area (Å²) in [7, 11) is 0. The summed E-state index contributed by atoms with van der Waals surface area (Å²) in [5.41, 5.74) is 17.4. The van der Waals surface area contributed by atoms with Crippen molar-refractivity contribution in [2.45, 2.75) is 0 Å². The lowest BCUT2D eigenvalue weighted by atomic mass is 9.84. The zero-order valence-corrected chi connectivity index (χ0v) is 34.8. The first kappa shape index (κ1) is 37.7. The second kappa shape index (κ2) is 16.7. The number of fused-ring (bicyclic) bond motifs is 3. The molecule has 0 atom stereocenters. The Balaban J connectivity index is 1.32. The summed E-state index contributed by atoms with van der Waals surface area (Å²) in [6, 6.07) is 94.9. The second-order valence-electron chi connectivity index (χ2n) is 16.0. The van der Waals surface area contributed by atoms with Crippen molar-refractivity contribution in [1.82, 2.24) is 0 Å². The minimum atomic E-state index is 1.07. The average Bonchev–Trinajstić information content (AvgIpc) is 3.37. The highest BCUT2D eigenvalue weighted by Crippen LogP contribution is 2.53. The lowest BCUT2D eigenvalue weighted by Gasteiger charge is -2.33. The molecule has 1 nitrogen and oxygen atoms in total. The van der Waals surface area contributed by atoms with Gasteiger partial charge in [-0.25, -0.2) is 0 Å². The van der Waals surface area contributed by atoms with Crippen molar-refractivity contribution < 1.29 is 0 Å². The predicted octanol–water partition coefficient (Wildman–Crippen LogP) is 17.5. The molecule has 0 radical (unpaired) electrons. The Morgan fingerprint density at radius 1 is 0.238 bits per heavy atom. The van der Waals surface area contributed by atoms with Gasteiger partial charge in [0.1, 0.15) is 0 Å². The van der Waals surface area contributed by atoms with Gasteiger partial charge < -0.3 is 4.90 Å². The Hall–Kier alpha value is -8.26. The molecule has 0 saturated heterocycles. The van der Waals surface area contributed by atoms with E-state index in [2.05, 4.69) is 266 Å². The van der Waals surface area contributed by atoms with Crippen molar-refractivity contribution >= 4 is 38.6 Å². The Morgan fingerprint density at radius 3 is 1.13 bits per heavy atom. The van der Waals surface area contributed by atoms with Crippen molar-refractivity contribution in [3.05, 3.63) is 261 Å². The molecule has 0 saturated carbocycles. The van der Waals surface area contributed by atoms with Crippen LogP contribution in [0.4, 0.5) is 17.1 Å². The monoisotopic (exact) mass is 801 g/mol. The normalized spacial score (nSPS) is 11.2. The van der Waals surface area contributed by atoms with Crippen LogP contribution in [0.3, 0.4) is 0 Å². The quantitative estimate of drug-likeness (QED) is 0.131. The van der Waals surface area contributed by atoms with E-state index in [1.54, 1.807) is 0 Å². The molecule has 0 spiro atoms. The number of anilines is 3. The van der Waals surface area contributed by atoms with E-state index in [1.807, 2.05) is 0 Å². The average molecular weight is 802 g/mol. The van der Waals surface area contributed by atoms with E-state index in [4.69, 9.17) is 0 Å². The third kappa shape index (κ3) is 6.96. The fraction of sp³-hybridized carbons (Fsp3) is 0. The molecule has 0 amide bonds. The number of hydrogen-bond donors (Lipinski definition) is 0. The first-order valence-electron chi connectivity index (χ1n) is 21.7. The number of rotatable bonds is 9. The molecule has 0 bridgehead atoms. The molecule has 0 aromatic heterocycles. The molecule has 296 valence electrons. The molecule has 0 heterocycles. The highest BCUT2D eigenvalue weighted by Gasteiger charge is 2.27. The summed E-state index contributed by atoms with van der Waals surface area (Å²) in [6.07, 6.45) is 0. The van der Waals surface area contributed by atoms with Gasteiger partial charge >= 0.3 is 0 Å². The highest BCUT2D eigenvalue weighted by molar-refractivity contribution is 6.26. The van der Waals surface area contributed by atoms with Crippen molar-refractivity contribution in [1.29, 1.82) is 0 Å². The van der Waals surface area contributed by atoms with Gasteiger partial charge in [0.15, 0.2) is 0 Å². The molecule has 0 unspecified atom stereocenters. The molecule has 1 heteroatoms. The third-order valence-electron chi connectivity index (χ3n) is 12.3. The Bertz CT molecular complexity index is 3290. The summed E-state index contributed by atoms with van der Waals surface area (Å²) in [4.78, 5) is 2.55. The van der Waals surface area contributed by atoms with Gasteiger partial charge in [-0.2, -0.15) is 0 Å². The fourth-order valence-electron chi connectivity index (χ4n) is 9.49. The van der Waals surface area contributed by atoms with E-state index in [0.29, 0.717) is 0 Å². The standard InChI is InChI=1S/C62H43N/c1-7-23-44(24-8-1)51-42-41-50(43-57(51)47-29-13-4-14-30-47)63(62-52(45-25-9-2-10-26-45)37-21-38-53(62)46-27-11-3-12-28-46)58-40-22-39-56-60(49-33-17-6-18-34-49)59(48-31-15-5-16-32-48)54-35-19-20-36-55(54)61(56)58/h1-43H. The number of para-hydroxylation sites is 1. The number of hydrogen-bond acceptors (Lipinski definition) is 1. The maximum atomic E-state index is 2.55. The van der Waals surface area contributed by atoms with E-state index < -0.39 is 0 Å². The Kier molecular flexibility index (Phi) is 9.97. The van der Waals surface area contributed by atoms with Crippen LogP contribution in [-0.2, 0) is 0 Å². The summed E-state index contributed by atoms with van der Waals surface area (Å²) in [5.74, 6) is 0. The van der Waals surface area contributed by atoms with Gasteiger partial charge in [-0.05, 0) is 90.0 Å².